The van der Waals surface area contributed by atoms with E-state index in [1.807, 2.05) is 11.0 Å². The highest BCUT2D eigenvalue weighted by atomic mass is 32.1. The minimum Gasteiger partial charge on any atom is -0.379 e. The number of carbonyl (C=O) groups excluding carboxylic acids is 1. The topological polar surface area (TPSA) is 57.7 Å². The Morgan fingerprint density at radius 1 is 1.33 bits per heavy atom. The number of aromatic nitrogens is 1. The molecule has 1 N–H and O–H groups in total. The van der Waals surface area contributed by atoms with Crippen molar-refractivity contribution < 1.29 is 13.9 Å². The van der Waals surface area contributed by atoms with Crippen molar-refractivity contribution >= 4 is 22.5 Å². The summed E-state index contributed by atoms with van der Waals surface area (Å²) in [4.78, 5) is 22.1. The van der Waals surface area contributed by atoms with E-state index in [9.17, 15) is 9.18 Å². The molecule has 2 amide bonds. The lowest BCUT2D eigenvalue weighted by Gasteiger charge is -2.32. The predicted octanol–water partition coefficient (Wildman–Crippen LogP) is 2.81. The van der Waals surface area contributed by atoms with E-state index in [1.165, 1.54) is 23.5 Å². The van der Waals surface area contributed by atoms with Crippen LogP contribution in [0.15, 0.2) is 30.5 Å². The molecule has 0 aliphatic carbocycles. The maximum atomic E-state index is 13.3. The van der Waals surface area contributed by atoms with E-state index in [0.29, 0.717) is 17.6 Å². The Kier molecular flexibility index (Phi) is 5.66. The number of carbonyl (C=O) groups is 1. The average Bonchev–Trinajstić information content (AvgIpc) is 3.32. The SMILES string of the molecule is O=C(Nc1ncc(Cc2cccc(F)c2)s1)N1CCC(N2CCOCC2)C1. The fraction of sp³-hybridized carbons (Fsp3) is 0.474. The smallest absolute Gasteiger partial charge is 0.323 e. The third-order valence-electron chi connectivity index (χ3n) is 5.05. The van der Waals surface area contributed by atoms with Gasteiger partial charge in [0, 0.05) is 49.7 Å². The van der Waals surface area contributed by atoms with Crippen molar-refractivity contribution in [3.8, 4) is 0 Å². The summed E-state index contributed by atoms with van der Waals surface area (Å²) in [5.74, 6) is -0.241. The zero-order valence-electron chi connectivity index (χ0n) is 15.1. The molecule has 6 nitrogen and oxygen atoms in total. The minimum absolute atomic E-state index is 0.0996. The van der Waals surface area contributed by atoms with Gasteiger partial charge in [-0.25, -0.2) is 14.2 Å². The fourth-order valence-electron chi connectivity index (χ4n) is 3.63. The number of rotatable bonds is 4. The number of benzene rings is 1. The molecule has 4 rings (SSSR count). The third kappa shape index (κ3) is 4.63. The minimum atomic E-state index is -0.241. The van der Waals surface area contributed by atoms with Gasteiger partial charge in [-0.2, -0.15) is 0 Å². The first kappa shape index (κ1) is 18.3. The fourth-order valence-corrected chi connectivity index (χ4v) is 4.47. The summed E-state index contributed by atoms with van der Waals surface area (Å²) in [5.41, 5.74) is 0.893. The number of ether oxygens (including phenoxy) is 1. The molecule has 8 heteroatoms. The summed E-state index contributed by atoms with van der Waals surface area (Å²) in [7, 11) is 0. The molecule has 1 aromatic heterocycles. The van der Waals surface area contributed by atoms with Crippen molar-refractivity contribution in [3.05, 3.63) is 46.7 Å². The maximum absolute atomic E-state index is 13.3. The number of likely N-dealkylation sites (tertiary alicyclic amines) is 1. The summed E-state index contributed by atoms with van der Waals surface area (Å²) >= 11 is 1.43. The Hall–Kier alpha value is -2.03. The molecule has 0 saturated carbocycles. The Morgan fingerprint density at radius 2 is 2.19 bits per heavy atom. The lowest BCUT2D eigenvalue weighted by Crippen LogP contribution is -2.45. The van der Waals surface area contributed by atoms with Gasteiger partial charge < -0.3 is 9.64 Å². The second kappa shape index (κ2) is 8.33. The number of halogens is 1. The van der Waals surface area contributed by atoms with Crippen LogP contribution in [0.2, 0.25) is 0 Å². The largest absolute Gasteiger partial charge is 0.379 e. The summed E-state index contributed by atoms with van der Waals surface area (Å²) in [5, 5.41) is 3.49. The molecule has 144 valence electrons. The number of nitrogens with one attached hydrogen (secondary N) is 1. The van der Waals surface area contributed by atoms with Crippen LogP contribution in [0.25, 0.3) is 0 Å². The van der Waals surface area contributed by atoms with Crippen molar-refractivity contribution in [1.29, 1.82) is 0 Å². The molecule has 1 atom stereocenters. The third-order valence-corrected chi connectivity index (χ3v) is 5.96. The Bertz CT molecular complexity index is 794. The number of morpholine rings is 1. The van der Waals surface area contributed by atoms with Crippen LogP contribution in [-0.2, 0) is 11.2 Å². The lowest BCUT2D eigenvalue weighted by molar-refractivity contribution is 0.0192. The molecule has 2 aliphatic rings. The monoisotopic (exact) mass is 390 g/mol. The van der Waals surface area contributed by atoms with Crippen LogP contribution in [-0.4, -0.2) is 66.2 Å². The van der Waals surface area contributed by atoms with Gasteiger partial charge in [-0.3, -0.25) is 10.2 Å². The van der Waals surface area contributed by atoms with E-state index in [-0.39, 0.29) is 11.8 Å². The van der Waals surface area contributed by atoms with E-state index >= 15 is 0 Å². The van der Waals surface area contributed by atoms with Crippen LogP contribution in [0.4, 0.5) is 14.3 Å². The number of hydrogen-bond acceptors (Lipinski definition) is 5. The Morgan fingerprint density at radius 3 is 3.00 bits per heavy atom. The average molecular weight is 390 g/mol. The molecule has 1 unspecified atom stereocenters. The molecule has 0 spiro atoms. The molecule has 2 fully saturated rings. The molecule has 3 heterocycles. The van der Waals surface area contributed by atoms with E-state index in [0.717, 1.165) is 56.3 Å². The van der Waals surface area contributed by atoms with Gasteiger partial charge in [0.25, 0.3) is 0 Å². The highest BCUT2D eigenvalue weighted by Gasteiger charge is 2.31. The highest BCUT2D eigenvalue weighted by Crippen LogP contribution is 2.23. The second-order valence-corrected chi connectivity index (χ2v) is 8.02. The lowest BCUT2D eigenvalue weighted by atomic mass is 10.1. The van der Waals surface area contributed by atoms with Gasteiger partial charge in [-0.15, -0.1) is 11.3 Å². The van der Waals surface area contributed by atoms with Gasteiger partial charge in [0.15, 0.2) is 5.13 Å². The van der Waals surface area contributed by atoms with E-state index in [4.69, 9.17) is 4.74 Å². The van der Waals surface area contributed by atoms with E-state index in [1.54, 1.807) is 12.3 Å². The Labute approximate surface area is 161 Å². The number of hydrogen-bond donors (Lipinski definition) is 1. The van der Waals surface area contributed by atoms with E-state index in [2.05, 4.69) is 15.2 Å². The molecular weight excluding hydrogens is 367 g/mol. The first-order valence-corrected chi connectivity index (χ1v) is 10.1. The number of urea groups is 1. The first-order valence-electron chi connectivity index (χ1n) is 9.24. The number of amides is 2. The van der Waals surface area contributed by atoms with Gasteiger partial charge in [0.05, 0.1) is 13.2 Å². The predicted molar refractivity (Wildman–Crippen MR) is 103 cm³/mol. The van der Waals surface area contributed by atoms with Gasteiger partial charge in [-0.05, 0) is 24.1 Å². The van der Waals surface area contributed by atoms with Gasteiger partial charge in [0.1, 0.15) is 5.82 Å². The molecule has 0 radical (unpaired) electrons. The van der Waals surface area contributed by atoms with E-state index < -0.39 is 0 Å². The van der Waals surface area contributed by atoms with Crippen LogP contribution in [0, 0.1) is 5.82 Å². The van der Waals surface area contributed by atoms with Crippen molar-refractivity contribution in [2.45, 2.75) is 18.9 Å². The van der Waals surface area contributed by atoms with Gasteiger partial charge in [0.2, 0.25) is 0 Å². The van der Waals surface area contributed by atoms with Crippen LogP contribution in [0.1, 0.15) is 16.9 Å². The molecule has 2 aromatic rings. The van der Waals surface area contributed by atoms with Crippen molar-refractivity contribution in [1.82, 2.24) is 14.8 Å². The maximum Gasteiger partial charge on any atom is 0.323 e. The number of anilines is 1. The molecule has 2 aliphatic heterocycles. The van der Waals surface area contributed by atoms with Crippen LogP contribution >= 0.6 is 11.3 Å². The molecule has 27 heavy (non-hydrogen) atoms. The quantitative estimate of drug-likeness (QED) is 0.872. The van der Waals surface area contributed by atoms with Crippen molar-refractivity contribution in [2.24, 2.45) is 0 Å². The van der Waals surface area contributed by atoms with Crippen LogP contribution in [0.3, 0.4) is 0 Å². The first-order chi connectivity index (χ1) is 13.2. The summed E-state index contributed by atoms with van der Waals surface area (Å²) in [6.07, 6.45) is 3.34. The van der Waals surface area contributed by atoms with Crippen LogP contribution < -0.4 is 5.32 Å². The summed E-state index contributed by atoms with van der Waals surface area (Å²) < 4.78 is 18.7. The normalized spacial score (nSPS) is 20.8. The van der Waals surface area contributed by atoms with Gasteiger partial charge >= 0.3 is 6.03 Å². The standard InChI is InChI=1S/C19H23FN4O2S/c20-15-3-1-2-14(10-15)11-17-12-21-18(27-17)22-19(25)24-5-4-16(13-24)23-6-8-26-9-7-23/h1-3,10,12,16H,4-9,11,13H2,(H,21,22,25). The highest BCUT2D eigenvalue weighted by molar-refractivity contribution is 7.15. The zero-order valence-corrected chi connectivity index (χ0v) is 15.9. The zero-order chi connectivity index (χ0) is 18.6. The van der Waals surface area contributed by atoms with Crippen molar-refractivity contribution in [2.75, 3.05) is 44.7 Å². The molecular formula is C19H23FN4O2S. The summed E-state index contributed by atoms with van der Waals surface area (Å²) in [6.45, 7) is 4.93. The Balaban J connectivity index is 1.30. The molecule has 1 aromatic carbocycles. The number of thiazole rings is 1. The summed E-state index contributed by atoms with van der Waals surface area (Å²) in [6, 6.07) is 6.86. The number of nitrogens with zero attached hydrogens (tertiary/aromatic N) is 3. The molecule has 2 saturated heterocycles. The van der Waals surface area contributed by atoms with Gasteiger partial charge in [-0.1, -0.05) is 12.1 Å². The molecule has 0 bridgehead atoms. The second-order valence-electron chi connectivity index (χ2n) is 6.91. The van der Waals surface area contributed by atoms with Crippen LogP contribution in [0.5, 0.6) is 0 Å². The van der Waals surface area contributed by atoms with Crippen molar-refractivity contribution in [3.63, 3.8) is 0 Å².